The summed E-state index contributed by atoms with van der Waals surface area (Å²) in [6, 6.07) is 1.84. The predicted octanol–water partition coefficient (Wildman–Crippen LogP) is 1.96. The van der Waals surface area contributed by atoms with E-state index in [1.807, 2.05) is 31.7 Å². The molecule has 6 heteroatoms. The molecule has 2 heterocycles. The minimum atomic E-state index is -0.475. The van der Waals surface area contributed by atoms with Crippen LogP contribution in [0.4, 0.5) is 0 Å². The van der Waals surface area contributed by atoms with Gasteiger partial charge in [-0.05, 0) is 45.7 Å². The summed E-state index contributed by atoms with van der Waals surface area (Å²) >= 11 is 0. The first-order valence-electron chi connectivity index (χ1n) is 7.87. The van der Waals surface area contributed by atoms with Gasteiger partial charge < -0.3 is 9.47 Å². The SMILES string of the molecule is CCOC(=O)c1cnc2c(c1)CCN(CC(=O)OC(C)(C)C)C2. The Morgan fingerprint density at radius 3 is 2.74 bits per heavy atom. The molecule has 2 rings (SSSR count). The van der Waals surface area contributed by atoms with Crippen molar-refractivity contribution in [3.63, 3.8) is 0 Å². The van der Waals surface area contributed by atoms with Crippen LogP contribution in [0.15, 0.2) is 12.3 Å². The first-order chi connectivity index (χ1) is 10.8. The van der Waals surface area contributed by atoms with Crippen molar-refractivity contribution in [1.82, 2.24) is 9.88 Å². The van der Waals surface area contributed by atoms with Gasteiger partial charge in [-0.15, -0.1) is 0 Å². The Balaban J connectivity index is 1.99. The average molecular weight is 320 g/mol. The lowest BCUT2D eigenvalue weighted by Gasteiger charge is -2.28. The highest BCUT2D eigenvalue weighted by molar-refractivity contribution is 5.89. The number of hydrogen-bond donors (Lipinski definition) is 0. The van der Waals surface area contributed by atoms with Crippen molar-refractivity contribution in [3.8, 4) is 0 Å². The Morgan fingerprint density at radius 1 is 1.35 bits per heavy atom. The normalized spacial score (nSPS) is 15.0. The van der Waals surface area contributed by atoms with Crippen molar-refractivity contribution in [1.29, 1.82) is 0 Å². The number of nitrogens with zero attached hydrogens (tertiary/aromatic N) is 2. The number of fused-ring (bicyclic) bond motifs is 1. The van der Waals surface area contributed by atoms with Crippen LogP contribution >= 0.6 is 0 Å². The molecule has 0 aliphatic carbocycles. The van der Waals surface area contributed by atoms with Crippen molar-refractivity contribution in [3.05, 3.63) is 29.1 Å². The van der Waals surface area contributed by atoms with E-state index in [9.17, 15) is 9.59 Å². The Kier molecular flexibility index (Phi) is 5.36. The second kappa shape index (κ2) is 7.08. The van der Waals surface area contributed by atoms with Gasteiger partial charge in [-0.25, -0.2) is 4.79 Å². The monoisotopic (exact) mass is 320 g/mol. The van der Waals surface area contributed by atoms with Gasteiger partial charge in [0.1, 0.15) is 5.60 Å². The van der Waals surface area contributed by atoms with Crippen LogP contribution in [0.5, 0.6) is 0 Å². The molecule has 0 N–H and O–H groups in total. The second-order valence-electron chi connectivity index (χ2n) is 6.60. The zero-order valence-corrected chi connectivity index (χ0v) is 14.2. The molecule has 0 amide bonds. The maximum atomic E-state index is 11.9. The Bertz CT molecular complexity index is 593. The quantitative estimate of drug-likeness (QED) is 0.790. The lowest BCUT2D eigenvalue weighted by atomic mass is 10.0. The summed E-state index contributed by atoms with van der Waals surface area (Å²) < 4.78 is 10.3. The number of rotatable bonds is 4. The summed E-state index contributed by atoms with van der Waals surface area (Å²) in [5.74, 6) is -0.580. The average Bonchev–Trinajstić information content (AvgIpc) is 2.44. The van der Waals surface area contributed by atoms with Crippen molar-refractivity contribution in [2.75, 3.05) is 19.7 Å². The van der Waals surface area contributed by atoms with Crippen LogP contribution in [0, 0.1) is 0 Å². The van der Waals surface area contributed by atoms with Crippen LogP contribution in [-0.4, -0.2) is 47.1 Å². The zero-order valence-electron chi connectivity index (χ0n) is 14.2. The number of carbonyl (C=O) groups excluding carboxylic acids is 2. The molecule has 0 spiro atoms. The van der Waals surface area contributed by atoms with E-state index in [2.05, 4.69) is 4.98 Å². The van der Waals surface area contributed by atoms with E-state index < -0.39 is 5.60 Å². The summed E-state index contributed by atoms with van der Waals surface area (Å²) in [6.45, 7) is 9.26. The fraction of sp³-hybridized carbons (Fsp3) is 0.588. The van der Waals surface area contributed by atoms with Crippen LogP contribution in [0.2, 0.25) is 0 Å². The zero-order chi connectivity index (χ0) is 17.0. The summed E-state index contributed by atoms with van der Waals surface area (Å²) in [7, 11) is 0. The molecule has 0 unspecified atom stereocenters. The molecule has 0 saturated heterocycles. The van der Waals surface area contributed by atoms with Crippen LogP contribution in [-0.2, 0) is 27.2 Å². The molecule has 0 saturated carbocycles. The van der Waals surface area contributed by atoms with Crippen molar-refractivity contribution in [2.24, 2.45) is 0 Å². The first kappa shape index (κ1) is 17.4. The maximum absolute atomic E-state index is 11.9. The molecule has 1 aliphatic rings. The number of pyridine rings is 1. The largest absolute Gasteiger partial charge is 0.462 e. The lowest BCUT2D eigenvalue weighted by Crippen LogP contribution is -2.38. The molecular weight excluding hydrogens is 296 g/mol. The fourth-order valence-corrected chi connectivity index (χ4v) is 2.48. The molecule has 0 aromatic carbocycles. The molecule has 6 nitrogen and oxygen atoms in total. The molecule has 0 atom stereocenters. The van der Waals surface area contributed by atoms with E-state index in [4.69, 9.17) is 9.47 Å². The van der Waals surface area contributed by atoms with Crippen LogP contribution in [0.25, 0.3) is 0 Å². The highest BCUT2D eigenvalue weighted by Gasteiger charge is 2.23. The predicted molar refractivity (Wildman–Crippen MR) is 85.0 cm³/mol. The third-order valence-corrected chi connectivity index (χ3v) is 3.41. The molecule has 0 radical (unpaired) electrons. The van der Waals surface area contributed by atoms with Gasteiger partial charge in [0.15, 0.2) is 0 Å². The standard InChI is InChI=1S/C17H24N2O4/c1-5-22-16(21)13-8-12-6-7-19(10-14(12)18-9-13)11-15(20)23-17(2,3)4/h8-9H,5-7,10-11H2,1-4H3. The maximum Gasteiger partial charge on any atom is 0.339 e. The van der Waals surface area contributed by atoms with E-state index >= 15 is 0 Å². The second-order valence-corrected chi connectivity index (χ2v) is 6.60. The Morgan fingerprint density at radius 2 is 2.09 bits per heavy atom. The topological polar surface area (TPSA) is 68.7 Å². The third-order valence-electron chi connectivity index (χ3n) is 3.41. The van der Waals surface area contributed by atoms with Gasteiger partial charge in [0.25, 0.3) is 0 Å². The minimum absolute atomic E-state index is 0.232. The number of carbonyl (C=O) groups is 2. The van der Waals surface area contributed by atoms with Crippen molar-refractivity contribution < 1.29 is 19.1 Å². The number of aromatic nitrogens is 1. The molecular formula is C17H24N2O4. The summed E-state index contributed by atoms with van der Waals surface area (Å²) in [5.41, 5.74) is 1.94. The highest BCUT2D eigenvalue weighted by Crippen LogP contribution is 2.19. The third kappa shape index (κ3) is 5.03. The molecule has 1 aromatic heterocycles. The number of hydrogen-bond acceptors (Lipinski definition) is 6. The van der Waals surface area contributed by atoms with Gasteiger partial charge in [0.2, 0.25) is 0 Å². The van der Waals surface area contributed by atoms with Crippen molar-refractivity contribution >= 4 is 11.9 Å². The Hall–Kier alpha value is -1.95. The fourth-order valence-electron chi connectivity index (χ4n) is 2.48. The van der Waals surface area contributed by atoms with E-state index in [1.165, 1.54) is 6.20 Å². The first-order valence-corrected chi connectivity index (χ1v) is 7.87. The summed E-state index contributed by atoms with van der Waals surface area (Å²) in [6.07, 6.45) is 2.28. The van der Waals surface area contributed by atoms with E-state index in [-0.39, 0.29) is 18.5 Å². The van der Waals surface area contributed by atoms with Crippen LogP contribution in [0.1, 0.15) is 49.3 Å². The van der Waals surface area contributed by atoms with E-state index in [0.717, 1.165) is 24.2 Å². The van der Waals surface area contributed by atoms with Crippen LogP contribution < -0.4 is 0 Å². The number of esters is 2. The van der Waals surface area contributed by atoms with Crippen LogP contribution in [0.3, 0.4) is 0 Å². The van der Waals surface area contributed by atoms with Gasteiger partial charge in [-0.3, -0.25) is 14.7 Å². The Labute approximate surface area is 136 Å². The van der Waals surface area contributed by atoms with Gasteiger partial charge in [0, 0.05) is 19.3 Å². The minimum Gasteiger partial charge on any atom is -0.462 e. The summed E-state index contributed by atoms with van der Waals surface area (Å²) in [4.78, 5) is 30.0. The smallest absolute Gasteiger partial charge is 0.339 e. The lowest BCUT2D eigenvalue weighted by molar-refractivity contribution is -0.156. The van der Waals surface area contributed by atoms with E-state index in [0.29, 0.717) is 18.7 Å². The molecule has 126 valence electrons. The number of ether oxygens (including phenoxy) is 2. The summed E-state index contributed by atoms with van der Waals surface area (Å²) in [5, 5.41) is 0. The van der Waals surface area contributed by atoms with Crippen molar-refractivity contribution in [2.45, 2.75) is 46.3 Å². The van der Waals surface area contributed by atoms with Gasteiger partial charge in [-0.2, -0.15) is 0 Å². The molecule has 0 fully saturated rings. The molecule has 1 aliphatic heterocycles. The van der Waals surface area contributed by atoms with Gasteiger partial charge in [0.05, 0.1) is 24.4 Å². The van der Waals surface area contributed by atoms with Gasteiger partial charge in [-0.1, -0.05) is 0 Å². The molecule has 0 bridgehead atoms. The van der Waals surface area contributed by atoms with Gasteiger partial charge >= 0.3 is 11.9 Å². The van der Waals surface area contributed by atoms with E-state index in [1.54, 1.807) is 6.92 Å². The highest BCUT2D eigenvalue weighted by atomic mass is 16.6. The molecule has 23 heavy (non-hydrogen) atoms. The molecule has 1 aromatic rings.